The third-order valence-electron chi connectivity index (χ3n) is 2.01. The van der Waals surface area contributed by atoms with Gasteiger partial charge in [0.15, 0.2) is 5.16 Å². The summed E-state index contributed by atoms with van der Waals surface area (Å²) in [5.74, 6) is 0.894. The number of aromatic amines is 1. The summed E-state index contributed by atoms with van der Waals surface area (Å²) in [4.78, 5) is 8.37. The summed E-state index contributed by atoms with van der Waals surface area (Å²) < 4.78 is 5.56. The third-order valence-corrected chi connectivity index (χ3v) is 2.84. The summed E-state index contributed by atoms with van der Waals surface area (Å²) in [6, 6.07) is 3.60. The van der Waals surface area contributed by atoms with Gasteiger partial charge in [-0.15, -0.1) is 0 Å². The minimum absolute atomic E-state index is 0.428. The second kappa shape index (κ2) is 5.72. The average Bonchev–Trinajstić information content (AvgIpc) is 2.82. The number of nitrogens with two attached hydrogens (primary N) is 1. The zero-order valence-corrected chi connectivity index (χ0v) is 11.1. The largest absolute Gasteiger partial charge is 0.476 e. The van der Waals surface area contributed by atoms with Crippen molar-refractivity contribution in [1.82, 2.24) is 20.2 Å². The fraction of sp³-hybridized carbons (Fsp3) is 0.364. The molecule has 3 N–H and O–H groups in total. The topological polar surface area (TPSA) is 89.7 Å². The van der Waals surface area contributed by atoms with E-state index in [1.807, 2.05) is 6.07 Å². The fourth-order valence-electron chi connectivity index (χ4n) is 1.19. The Labute approximate surface area is 109 Å². The third kappa shape index (κ3) is 3.36. The second-order valence-corrected chi connectivity index (χ2v) is 5.15. The van der Waals surface area contributed by atoms with Gasteiger partial charge in [-0.05, 0) is 29.8 Å². The van der Waals surface area contributed by atoms with Crippen molar-refractivity contribution in [3.05, 3.63) is 18.5 Å². The Balaban J connectivity index is 2.10. The quantitative estimate of drug-likeness (QED) is 0.859. The lowest BCUT2D eigenvalue weighted by Crippen LogP contribution is -2.07. The number of ether oxygens (including phenoxy) is 1. The van der Waals surface area contributed by atoms with Crippen molar-refractivity contribution in [2.24, 2.45) is 5.92 Å². The number of anilines is 1. The number of nitrogens with one attached hydrogen (secondary N) is 1. The number of H-pyrrole nitrogens is 1. The number of pyridine rings is 1. The van der Waals surface area contributed by atoms with Gasteiger partial charge in [-0.1, -0.05) is 13.8 Å². The van der Waals surface area contributed by atoms with E-state index in [-0.39, 0.29) is 0 Å². The molecule has 2 aromatic rings. The predicted octanol–water partition coefficient (Wildman–Crippen LogP) is 1.97. The summed E-state index contributed by atoms with van der Waals surface area (Å²) in [5.41, 5.74) is 6.36. The van der Waals surface area contributed by atoms with Crippen LogP contribution in [0.3, 0.4) is 0 Å². The normalized spacial score (nSPS) is 10.8. The highest BCUT2D eigenvalue weighted by Crippen LogP contribution is 2.27. The highest BCUT2D eigenvalue weighted by atomic mass is 32.2. The van der Waals surface area contributed by atoms with Crippen molar-refractivity contribution in [3.63, 3.8) is 0 Å². The van der Waals surface area contributed by atoms with Crippen LogP contribution in [0.1, 0.15) is 13.8 Å². The molecule has 0 fully saturated rings. The number of nitrogen functional groups attached to an aromatic ring is 1. The van der Waals surface area contributed by atoms with E-state index in [4.69, 9.17) is 10.5 Å². The van der Waals surface area contributed by atoms with Crippen molar-refractivity contribution in [2.45, 2.75) is 24.0 Å². The Morgan fingerprint density at radius 3 is 2.94 bits per heavy atom. The predicted molar refractivity (Wildman–Crippen MR) is 69.5 cm³/mol. The fourth-order valence-corrected chi connectivity index (χ4v) is 1.86. The lowest BCUT2D eigenvalue weighted by molar-refractivity contribution is 0.261. The molecular formula is C11H15N5OS. The van der Waals surface area contributed by atoms with Crippen molar-refractivity contribution < 1.29 is 4.74 Å². The first kappa shape index (κ1) is 12.7. The molecule has 2 rings (SSSR count). The van der Waals surface area contributed by atoms with Gasteiger partial charge < -0.3 is 10.5 Å². The molecule has 0 aliphatic rings. The molecule has 0 radical (unpaired) electrons. The van der Waals surface area contributed by atoms with Crippen LogP contribution in [0.4, 0.5) is 5.69 Å². The van der Waals surface area contributed by atoms with Gasteiger partial charge in [0, 0.05) is 0 Å². The molecule has 0 bridgehead atoms. The van der Waals surface area contributed by atoms with E-state index in [1.165, 1.54) is 18.1 Å². The summed E-state index contributed by atoms with van der Waals surface area (Å²) in [5, 5.41) is 7.98. The minimum atomic E-state index is 0.428. The standard InChI is InChI=1S/C11H15N5OS/c1-7(2)5-17-10-8(12)3-4-9(15-10)18-11-13-6-14-16-11/h3-4,6-7H,5,12H2,1-2H3,(H,13,14,16). The van der Waals surface area contributed by atoms with Crippen LogP contribution < -0.4 is 10.5 Å². The first-order valence-electron chi connectivity index (χ1n) is 5.57. The van der Waals surface area contributed by atoms with Crippen LogP contribution in [0.2, 0.25) is 0 Å². The molecule has 7 heteroatoms. The molecule has 0 amide bonds. The van der Waals surface area contributed by atoms with Gasteiger partial charge in [0.2, 0.25) is 5.88 Å². The summed E-state index contributed by atoms with van der Waals surface area (Å²) in [6.45, 7) is 4.74. The van der Waals surface area contributed by atoms with Crippen LogP contribution in [0.15, 0.2) is 28.6 Å². The zero-order valence-electron chi connectivity index (χ0n) is 10.3. The highest BCUT2D eigenvalue weighted by molar-refractivity contribution is 7.99. The molecule has 0 saturated heterocycles. The summed E-state index contributed by atoms with van der Waals surface area (Å²) >= 11 is 1.38. The van der Waals surface area contributed by atoms with E-state index in [9.17, 15) is 0 Å². The van der Waals surface area contributed by atoms with Crippen LogP contribution in [0.5, 0.6) is 5.88 Å². The lowest BCUT2D eigenvalue weighted by atomic mass is 10.2. The van der Waals surface area contributed by atoms with Crippen molar-refractivity contribution >= 4 is 17.4 Å². The zero-order chi connectivity index (χ0) is 13.0. The number of aromatic nitrogens is 4. The molecule has 0 saturated carbocycles. The van der Waals surface area contributed by atoms with E-state index >= 15 is 0 Å². The van der Waals surface area contributed by atoms with Crippen molar-refractivity contribution in [2.75, 3.05) is 12.3 Å². The van der Waals surface area contributed by atoms with Crippen LogP contribution in [-0.4, -0.2) is 26.8 Å². The number of nitrogens with zero attached hydrogens (tertiary/aromatic N) is 3. The maximum absolute atomic E-state index is 5.82. The molecule has 0 atom stereocenters. The highest BCUT2D eigenvalue weighted by Gasteiger charge is 2.08. The van der Waals surface area contributed by atoms with E-state index in [0.29, 0.717) is 29.2 Å². The molecule has 0 aromatic carbocycles. The van der Waals surface area contributed by atoms with Gasteiger partial charge in [-0.3, -0.25) is 5.10 Å². The van der Waals surface area contributed by atoms with Crippen molar-refractivity contribution in [3.8, 4) is 5.88 Å². The van der Waals surface area contributed by atoms with Gasteiger partial charge in [-0.25, -0.2) is 9.97 Å². The molecule has 0 spiro atoms. The van der Waals surface area contributed by atoms with E-state index in [2.05, 4.69) is 34.0 Å². The molecule has 0 aliphatic heterocycles. The Morgan fingerprint density at radius 2 is 2.28 bits per heavy atom. The van der Waals surface area contributed by atoms with E-state index < -0.39 is 0 Å². The maximum Gasteiger partial charge on any atom is 0.238 e. The van der Waals surface area contributed by atoms with Gasteiger partial charge in [-0.2, -0.15) is 5.10 Å². The molecule has 2 aromatic heterocycles. The van der Waals surface area contributed by atoms with Gasteiger partial charge in [0.25, 0.3) is 0 Å². The van der Waals surface area contributed by atoms with E-state index in [0.717, 1.165) is 5.03 Å². The SMILES string of the molecule is CC(C)COc1nc(Sc2ncn[nH]2)ccc1N. The molecule has 18 heavy (non-hydrogen) atoms. The molecular weight excluding hydrogens is 250 g/mol. The van der Waals surface area contributed by atoms with Gasteiger partial charge in [0.05, 0.1) is 12.3 Å². The van der Waals surface area contributed by atoms with Crippen LogP contribution in [-0.2, 0) is 0 Å². The van der Waals surface area contributed by atoms with Crippen LogP contribution in [0, 0.1) is 5.92 Å². The Morgan fingerprint density at radius 1 is 1.44 bits per heavy atom. The van der Waals surface area contributed by atoms with Crippen LogP contribution >= 0.6 is 11.8 Å². The monoisotopic (exact) mass is 265 g/mol. The molecule has 2 heterocycles. The molecule has 96 valence electrons. The Bertz CT molecular complexity index is 500. The number of hydrogen-bond donors (Lipinski definition) is 2. The molecule has 0 unspecified atom stereocenters. The average molecular weight is 265 g/mol. The van der Waals surface area contributed by atoms with Gasteiger partial charge in [0.1, 0.15) is 11.4 Å². The maximum atomic E-state index is 5.82. The summed E-state index contributed by atoms with van der Waals surface area (Å²) in [6.07, 6.45) is 1.45. The Kier molecular flexibility index (Phi) is 4.03. The minimum Gasteiger partial charge on any atom is -0.476 e. The lowest BCUT2D eigenvalue weighted by Gasteiger charge is -2.10. The smallest absolute Gasteiger partial charge is 0.238 e. The Hall–Kier alpha value is -1.76. The van der Waals surface area contributed by atoms with Gasteiger partial charge >= 0.3 is 0 Å². The van der Waals surface area contributed by atoms with E-state index in [1.54, 1.807) is 6.07 Å². The van der Waals surface area contributed by atoms with Crippen molar-refractivity contribution in [1.29, 1.82) is 0 Å². The molecule has 0 aliphatic carbocycles. The first-order valence-corrected chi connectivity index (χ1v) is 6.39. The first-order chi connectivity index (χ1) is 8.65. The molecule has 6 nitrogen and oxygen atoms in total. The van der Waals surface area contributed by atoms with Crippen LogP contribution in [0.25, 0.3) is 0 Å². The summed E-state index contributed by atoms with van der Waals surface area (Å²) in [7, 11) is 0. The number of rotatable bonds is 5. The number of hydrogen-bond acceptors (Lipinski definition) is 6. The second-order valence-electron chi connectivity index (χ2n) is 4.14.